The van der Waals surface area contributed by atoms with Gasteiger partial charge in [0.05, 0.1) is 11.7 Å². The smallest absolute Gasteiger partial charge is 0.334 e. The van der Waals surface area contributed by atoms with E-state index in [2.05, 4.69) is 6.92 Å². The van der Waals surface area contributed by atoms with Gasteiger partial charge in [-0.2, -0.15) is 0 Å². The fourth-order valence-electron chi connectivity index (χ4n) is 8.02. The Hall–Kier alpha value is -0.990. The molecule has 0 radical (unpaired) electrons. The summed E-state index contributed by atoms with van der Waals surface area (Å²) in [4.78, 5) is 12.2. The van der Waals surface area contributed by atoms with Crippen molar-refractivity contribution in [1.29, 1.82) is 0 Å². The molecule has 7 rings (SSSR count). The predicted octanol–water partition coefficient (Wildman–Crippen LogP) is 0.872. The number of ether oxygens (including phenoxy) is 5. The second-order valence-corrected chi connectivity index (χ2v) is 10.5. The summed E-state index contributed by atoms with van der Waals surface area (Å²) < 4.78 is 30.7. The van der Waals surface area contributed by atoms with Gasteiger partial charge in [0.25, 0.3) is 0 Å². The molecule has 0 amide bonds. The average molecular weight is 390 g/mol. The molecule has 7 aliphatic rings. The largest absolute Gasteiger partial charge is 0.458 e. The number of cyclic esters (lactones) is 1. The van der Waals surface area contributed by atoms with Crippen LogP contribution < -0.4 is 0 Å². The number of esters is 1. The topological polar surface area (TPSA) is 93.3 Å². The zero-order chi connectivity index (χ0) is 19.5. The second kappa shape index (κ2) is 4.23. The van der Waals surface area contributed by atoms with Gasteiger partial charge < -0.3 is 28.8 Å². The van der Waals surface area contributed by atoms with Crippen molar-refractivity contribution in [2.24, 2.45) is 11.3 Å². The zero-order valence-electron chi connectivity index (χ0n) is 16.6. The first-order valence-corrected chi connectivity index (χ1v) is 10.4. The summed E-state index contributed by atoms with van der Waals surface area (Å²) in [6.45, 7) is 6.26. The molecule has 152 valence electrons. The summed E-state index contributed by atoms with van der Waals surface area (Å²) in [6, 6.07) is 0. The summed E-state index contributed by atoms with van der Waals surface area (Å²) in [5, 5.41) is 11.0. The van der Waals surface area contributed by atoms with E-state index in [0.29, 0.717) is 6.61 Å². The third kappa shape index (κ3) is 1.33. The minimum absolute atomic E-state index is 0.0209. The fraction of sp³-hybridized carbons (Fsp3) is 0.857. The molecule has 2 spiro atoms. The van der Waals surface area contributed by atoms with Gasteiger partial charge in [-0.05, 0) is 44.6 Å². The number of methoxy groups -OCH3 is 1. The van der Waals surface area contributed by atoms with Gasteiger partial charge in [0.2, 0.25) is 0 Å². The summed E-state index contributed by atoms with van der Waals surface area (Å²) in [5.74, 6) is 0.0561. The SMILES string of the molecule is COC1C2(C(C)(C)O)OC2C2OC23C2(C)CCC4=C(COC4=O)C2CC2OC213. The summed E-state index contributed by atoms with van der Waals surface area (Å²) >= 11 is 0. The third-order valence-corrected chi connectivity index (χ3v) is 9.30. The van der Waals surface area contributed by atoms with Crippen LogP contribution in [-0.2, 0) is 28.5 Å². The molecule has 2 saturated carbocycles. The number of epoxide rings is 3. The highest BCUT2D eigenvalue weighted by atomic mass is 16.8. The van der Waals surface area contributed by atoms with Gasteiger partial charge in [0.1, 0.15) is 30.5 Å². The molecule has 0 bridgehead atoms. The third-order valence-electron chi connectivity index (χ3n) is 9.30. The van der Waals surface area contributed by atoms with Crippen molar-refractivity contribution in [1.82, 2.24) is 0 Å². The molecule has 4 aliphatic heterocycles. The molecule has 28 heavy (non-hydrogen) atoms. The molecule has 7 heteroatoms. The lowest BCUT2D eigenvalue weighted by molar-refractivity contribution is -0.146. The van der Waals surface area contributed by atoms with Crippen LogP contribution in [-0.4, -0.2) is 71.6 Å². The normalized spacial score (nSPS) is 59.9. The van der Waals surface area contributed by atoms with Gasteiger partial charge in [0.15, 0.2) is 11.2 Å². The highest BCUT2D eigenvalue weighted by molar-refractivity contribution is 5.92. The van der Waals surface area contributed by atoms with E-state index in [0.717, 1.165) is 30.4 Å². The number of hydrogen-bond donors (Lipinski definition) is 1. The van der Waals surface area contributed by atoms with Crippen molar-refractivity contribution >= 4 is 5.97 Å². The molecular formula is C21H26O7. The minimum atomic E-state index is -1.06. The number of aliphatic hydroxyl groups is 1. The van der Waals surface area contributed by atoms with Crippen LogP contribution in [0, 0.1) is 11.3 Å². The van der Waals surface area contributed by atoms with Crippen LogP contribution in [0.15, 0.2) is 11.1 Å². The predicted molar refractivity (Wildman–Crippen MR) is 93.3 cm³/mol. The van der Waals surface area contributed by atoms with Crippen molar-refractivity contribution in [3.8, 4) is 0 Å². The second-order valence-electron chi connectivity index (χ2n) is 10.5. The lowest BCUT2D eigenvalue weighted by Gasteiger charge is -2.54. The molecule has 0 aromatic rings. The molecule has 4 heterocycles. The molecular weight excluding hydrogens is 364 g/mol. The molecule has 1 N–H and O–H groups in total. The maximum absolute atomic E-state index is 12.2. The van der Waals surface area contributed by atoms with Crippen LogP contribution >= 0.6 is 0 Å². The molecule has 9 unspecified atom stereocenters. The Morgan fingerprint density at radius 1 is 1.21 bits per heavy atom. The fourth-order valence-corrected chi connectivity index (χ4v) is 8.02. The van der Waals surface area contributed by atoms with Crippen LogP contribution in [0.1, 0.15) is 40.0 Å². The molecule has 0 aromatic carbocycles. The van der Waals surface area contributed by atoms with E-state index in [4.69, 9.17) is 23.7 Å². The lowest BCUT2D eigenvalue weighted by atomic mass is 9.46. The maximum Gasteiger partial charge on any atom is 0.334 e. The first-order chi connectivity index (χ1) is 13.2. The van der Waals surface area contributed by atoms with E-state index in [1.807, 2.05) is 0 Å². The highest BCUT2D eigenvalue weighted by Gasteiger charge is 3.01. The number of fused-ring (bicyclic) bond motifs is 4. The molecule has 3 aliphatic carbocycles. The summed E-state index contributed by atoms with van der Waals surface area (Å²) in [5.41, 5.74) is -1.09. The quantitative estimate of drug-likeness (QED) is 0.552. The van der Waals surface area contributed by atoms with Crippen LogP contribution in [0.25, 0.3) is 0 Å². The highest BCUT2D eigenvalue weighted by Crippen LogP contribution is 2.83. The van der Waals surface area contributed by atoms with Crippen molar-refractivity contribution in [3.63, 3.8) is 0 Å². The Balaban J connectivity index is 1.39. The van der Waals surface area contributed by atoms with E-state index >= 15 is 0 Å². The first kappa shape index (κ1) is 16.8. The van der Waals surface area contributed by atoms with Crippen LogP contribution in [0.4, 0.5) is 0 Å². The standard InChI is InChI=1S/C21H26O7/c1-17(2,23)20-13(27-20)14-21(28-14)18(3)6-5-9-10(8-25-15(9)22)11(18)7-12-19(21,26-12)16(20)24-4/h11-14,16,23H,5-8H2,1-4H3. The number of carbonyl (C=O) groups is 1. The van der Waals surface area contributed by atoms with E-state index in [9.17, 15) is 9.90 Å². The summed E-state index contributed by atoms with van der Waals surface area (Å²) in [7, 11) is 1.68. The van der Waals surface area contributed by atoms with Crippen molar-refractivity contribution in [3.05, 3.63) is 11.1 Å². The number of rotatable bonds is 2. The van der Waals surface area contributed by atoms with Gasteiger partial charge in [-0.1, -0.05) is 6.92 Å². The van der Waals surface area contributed by atoms with Crippen LogP contribution in [0.2, 0.25) is 0 Å². The monoisotopic (exact) mass is 390 g/mol. The Kier molecular flexibility index (Phi) is 2.53. The average Bonchev–Trinajstić information content (AvgIpc) is 3.51. The number of hydrogen-bond acceptors (Lipinski definition) is 7. The molecule has 5 fully saturated rings. The molecule has 7 nitrogen and oxygen atoms in total. The van der Waals surface area contributed by atoms with Crippen LogP contribution in [0.3, 0.4) is 0 Å². The number of carbonyl (C=O) groups excluding carboxylic acids is 1. The van der Waals surface area contributed by atoms with E-state index in [1.54, 1.807) is 21.0 Å². The van der Waals surface area contributed by atoms with Crippen molar-refractivity contribution in [2.75, 3.05) is 13.7 Å². The maximum atomic E-state index is 12.2. The Bertz CT molecular complexity index is 874. The van der Waals surface area contributed by atoms with Crippen molar-refractivity contribution < 1.29 is 33.6 Å². The lowest BCUT2D eigenvalue weighted by Crippen LogP contribution is -2.71. The van der Waals surface area contributed by atoms with Crippen molar-refractivity contribution in [2.45, 2.75) is 86.9 Å². The Labute approximate surface area is 163 Å². The zero-order valence-corrected chi connectivity index (χ0v) is 16.6. The van der Waals surface area contributed by atoms with Crippen LogP contribution in [0.5, 0.6) is 0 Å². The summed E-state index contributed by atoms with van der Waals surface area (Å²) in [6.07, 6.45) is 1.70. The van der Waals surface area contributed by atoms with E-state index in [1.165, 1.54) is 0 Å². The van der Waals surface area contributed by atoms with Gasteiger partial charge in [-0.15, -0.1) is 0 Å². The Morgan fingerprint density at radius 2 is 2.00 bits per heavy atom. The van der Waals surface area contributed by atoms with Gasteiger partial charge in [-0.25, -0.2) is 4.79 Å². The van der Waals surface area contributed by atoms with E-state index < -0.39 is 22.4 Å². The molecule has 0 aromatic heterocycles. The van der Waals surface area contributed by atoms with Gasteiger partial charge in [0, 0.05) is 18.1 Å². The van der Waals surface area contributed by atoms with Gasteiger partial charge >= 0.3 is 5.97 Å². The first-order valence-electron chi connectivity index (χ1n) is 10.4. The minimum Gasteiger partial charge on any atom is -0.458 e. The Morgan fingerprint density at radius 3 is 2.71 bits per heavy atom. The molecule has 9 atom stereocenters. The van der Waals surface area contributed by atoms with Gasteiger partial charge in [-0.3, -0.25) is 0 Å². The molecule has 3 saturated heterocycles. The van der Waals surface area contributed by atoms with E-state index in [-0.39, 0.29) is 41.7 Å².